The van der Waals surface area contributed by atoms with Gasteiger partial charge in [0.2, 0.25) is 0 Å². The third-order valence-electron chi connectivity index (χ3n) is 1.54. The summed E-state index contributed by atoms with van der Waals surface area (Å²) in [7, 11) is 4.13. The largest absolute Gasteiger partial charge is 0.308 e. The molecule has 0 unspecified atom stereocenters. The topological polar surface area (TPSA) is 21.1 Å². The fourth-order valence-corrected chi connectivity index (χ4v) is 0.892. The first-order valence-corrected chi connectivity index (χ1v) is 4.82. The first-order valence-electron chi connectivity index (χ1n) is 4.82. The van der Waals surface area contributed by atoms with Crippen molar-refractivity contribution in [3.05, 3.63) is 18.0 Å². The average molecular weight is 183 g/mol. The van der Waals surface area contributed by atoms with Gasteiger partial charge in [0.25, 0.3) is 0 Å². The quantitative estimate of drug-likeness (QED) is 0.712. The second kappa shape index (κ2) is 6.66. The minimum atomic E-state index is 0.973. The van der Waals surface area contributed by atoms with Crippen LogP contribution in [0.25, 0.3) is 0 Å². The summed E-state index contributed by atoms with van der Waals surface area (Å²) in [5.74, 6) is 0. The molecule has 0 radical (unpaired) electrons. The molecule has 0 N–H and O–H groups in total. The molecule has 0 amide bonds. The predicted molar refractivity (Wildman–Crippen MR) is 56.9 cm³/mol. The normalized spacial score (nSPS) is 9.69. The van der Waals surface area contributed by atoms with Crippen molar-refractivity contribution >= 4 is 0 Å². The Labute approximate surface area is 81.4 Å². The fourth-order valence-electron chi connectivity index (χ4n) is 0.892. The highest BCUT2D eigenvalue weighted by Gasteiger charge is 1.93. The lowest BCUT2D eigenvalue weighted by atomic mass is 10.4. The minimum absolute atomic E-state index is 0.973. The number of hydrogen-bond acceptors (Lipinski definition) is 2. The third-order valence-corrected chi connectivity index (χ3v) is 1.54. The maximum Gasteiger partial charge on any atom is 0.0536 e. The van der Waals surface area contributed by atoms with Crippen molar-refractivity contribution in [3.63, 3.8) is 0 Å². The maximum absolute atomic E-state index is 4.18. The van der Waals surface area contributed by atoms with Crippen LogP contribution in [0.3, 0.4) is 0 Å². The van der Waals surface area contributed by atoms with Crippen LogP contribution in [0.2, 0.25) is 0 Å². The van der Waals surface area contributed by atoms with Gasteiger partial charge in [-0.1, -0.05) is 13.8 Å². The molecule has 3 heteroatoms. The summed E-state index contributed by atoms with van der Waals surface area (Å²) in [6.07, 6.45) is 3.94. The van der Waals surface area contributed by atoms with Crippen molar-refractivity contribution in [1.82, 2.24) is 14.7 Å². The van der Waals surface area contributed by atoms with E-state index in [4.69, 9.17) is 0 Å². The smallest absolute Gasteiger partial charge is 0.0536 e. The molecule has 13 heavy (non-hydrogen) atoms. The van der Waals surface area contributed by atoms with Crippen molar-refractivity contribution in [3.8, 4) is 0 Å². The van der Waals surface area contributed by atoms with Crippen molar-refractivity contribution in [2.24, 2.45) is 0 Å². The van der Waals surface area contributed by atoms with E-state index in [9.17, 15) is 0 Å². The summed E-state index contributed by atoms with van der Waals surface area (Å²) in [6, 6.07) is 0. The summed E-state index contributed by atoms with van der Waals surface area (Å²) in [5.41, 5.74) is 1.23. The highest BCUT2D eigenvalue weighted by Crippen LogP contribution is 1.93. The molecule has 0 saturated carbocycles. The van der Waals surface area contributed by atoms with Gasteiger partial charge >= 0.3 is 0 Å². The van der Waals surface area contributed by atoms with Gasteiger partial charge in [-0.05, 0) is 26.6 Å². The molecule has 0 aliphatic rings. The molecule has 1 aromatic heterocycles. The molecular formula is C10H21N3. The van der Waals surface area contributed by atoms with Crippen molar-refractivity contribution < 1.29 is 0 Å². The first kappa shape index (κ1) is 12.2. The standard InChI is InChI=1S/C8H15N3.C2H6/c1-8-6-9-11(7-8)5-4-10(2)3;1-2/h6-7H,4-5H2,1-3H3;1-2H3. The van der Waals surface area contributed by atoms with Crippen LogP contribution in [0.4, 0.5) is 0 Å². The Morgan fingerprint density at radius 3 is 2.38 bits per heavy atom. The lowest BCUT2D eigenvalue weighted by Crippen LogP contribution is -2.18. The van der Waals surface area contributed by atoms with E-state index in [0.29, 0.717) is 0 Å². The van der Waals surface area contributed by atoms with Gasteiger partial charge in [0.1, 0.15) is 0 Å². The Kier molecular flexibility index (Phi) is 6.24. The molecule has 0 aliphatic heterocycles. The van der Waals surface area contributed by atoms with Crippen LogP contribution in [0.15, 0.2) is 12.4 Å². The van der Waals surface area contributed by atoms with E-state index < -0.39 is 0 Å². The van der Waals surface area contributed by atoms with Crippen LogP contribution in [-0.2, 0) is 6.54 Å². The first-order chi connectivity index (χ1) is 6.18. The van der Waals surface area contributed by atoms with Gasteiger partial charge in [-0.3, -0.25) is 4.68 Å². The lowest BCUT2D eigenvalue weighted by Gasteiger charge is -2.08. The van der Waals surface area contributed by atoms with Crippen molar-refractivity contribution in [2.75, 3.05) is 20.6 Å². The molecule has 1 heterocycles. The zero-order valence-electron chi connectivity index (χ0n) is 9.41. The number of likely N-dealkylation sites (N-methyl/N-ethyl adjacent to an activating group) is 1. The lowest BCUT2D eigenvalue weighted by molar-refractivity contribution is 0.373. The molecule has 0 saturated heterocycles. The second-order valence-corrected chi connectivity index (χ2v) is 3.08. The van der Waals surface area contributed by atoms with Crippen LogP contribution in [0, 0.1) is 6.92 Å². The number of hydrogen-bond donors (Lipinski definition) is 0. The number of aryl methyl sites for hydroxylation is 1. The van der Waals surface area contributed by atoms with Gasteiger partial charge in [0.15, 0.2) is 0 Å². The molecule has 0 aliphatic carbocycles. The van der Waals surface area contributed by atoms with E-state index in [1.54, 1.807) is 0 Å². The van der Waals surface area contributed by atoms with Crippen LogP contribution in [-0.4, -0.2) is 35.3 Å². The van der Waals surface area contributed by atoms with Gasteiger partial charge in [-0.25, -0.2) is 0 Å². The van der Waals surface area contributed by atoms with Gasteiger partial charge in [-0.15, -0.1) is 0 Å². The molecular weight excluding hydrogens is 162 g/mol. The van der Waals surface area contributed by atoms with Crippen molar-refractivity contribution in [2.45, 2.75) is 27.3 Å². The molecule has 1 aromatic rings. The SMILES string of the molecule is CC.Cc1cnn(CCN(C)C)c1. The molecule has 3 nitrogen and oxygen atoms in total. The highest BCUT2D eigenvalue weighted by atomic mass is 15.3. The number of aromatic nitrogens is 2. The number of nitrogens with zero attached hydrogens (tertiary/aromatic N) is 3. The molecule has 0 bridgehead atoms. The second-order valence-electron chi connectivity index (χ2n) is 3.08. The molecule has 1 rings (SSSR count). The van der Waals surface area contributed by atoms with E-state index >= 15 is 0 Å². The van der Waals surface area contributed by atoms with Crippen LogP contribution >= 0.6 is 0 Å². The summed E-state index contributed by atoms with van der Waals surface area (Å²) < 4.78 is 1.97. The Morgan fingerprint density at radius 2 is 2.00 bits per heavy atom. The highest BCUT2D eigenvalue weighted by molar-refractivity contribution is 4.99. The van der Waals surface area contributed by atoms with E-state index in [-0.39, 0.29) is 0 Å². The number of rotatable bonds is 3. The average Bonchev–Trinajstić information content (AvgIpc) is 2.52. The van der Waals surface area contributed by atoms with Gasteiger partial charge in [-0.2, -0.15) is 5.10 Å². The Hall–Kier alpha value is -0.830. The van der Waals surface area contributed by atoms with Gasteiger partial charge in [0, 0.05) is 12.7 Å². The molecule has 0 spiro atoms. The summed E-state index contributed by atoms with van der Waals surface area (Å²) in [4.78, 5) is 2.15. The maximum atomic E-state index is 4.18. The zero-order chi connectivity index (χ0) is 10.3. The molecule has 0 atom stereocenters. The Morgan fingerprint density at radius 1 is 1.38 bits per heavy atom. The molecule has 0 fully saturated rings. The summed E-state index contributed by atoms with van der Waals surface area (Å²) >= 11 is 0. The zero-order valence-corrected chi connectivity index (χ0v) is 9.41. The monoisotopic (exact) mass is 183 g/mol. The third kappa shape index (κ3) is 5.42. The van der Waals surface area contributed by atoms with E-state index in [1.807, 2.05) is 24.7 Å². The Balaban J connectivity index is 0.000000671. The summed E-state index contributed by atoms with van der Waals surface area (Å²) in [5, 5.41) is 4.18. The Bertz CT molecular complexity index is 216. The predicted octanol–water partition coefficient (Wildman–Crippen LogP) is 1.78. The van der Waals surface area contributed by atoms with Crippen LogP contribution in [0.5, 0.6) is 0 Å². The molecule has 76 valence electrons. The van der Waals surface area contributed by atoms with E-state index in [0.717, 1.165) is 13.1 Å². The van der Waals surface area contributed by atoms with Gasteiger partial charge < -0.3 is 4.90 Å². The van der Waals surface area contributed by atoms with Gasteiger partial charge in [0.05, 0.1) is 12.7 Å². The molecule has 0 aromatic carbocycles. The fraction of sp³-hybridized carbons (Fsp3) is 0.700. The minimum Gasteiger partial charge on any atom is -0.308 e. The van der Waals surface area contributed by atoms with E-state index in [2.05, 4.69) is 37.2 Å². The summed E-state index contributed by atoms with van der Waals surface area (Å²) in [6.45, 7) is 8.07. The van der Waals surface area contributed by atoms with Crippen LogP contribution < -0.4 is 0 Å². The van der Waals surface area contributed by atoms with Crippen molar-refractivity contribution in [1.29, 1.82) is 0 Å². The van der Waals surface area contributed by atoms with Crippen LogP contribution in [0.1, 0.15) is 19.4 Å². The van der Waals surface area contributed by atoms with E-state index in [1.165, 1.54) is 5.56 Å².